The third-order valence-corrected chi connectivity index (χ3v) is 14.8. The van der Waals surface area contributed by atoms with E-state index < -0.39 is 22.4 Å². The van der Waals surface area contributed by atoms with E-state index >= 15 is 0 Å². The fraction of sp³-hybridized carbons (Fsp3) is 0.684. The van der Waals surface area contributed by atoms with E-state index in [2.05, 4.69) is 28.6 Å². The van der Waals surface area contributed by atoms with Crippen LogP contribution in [0.2, 0.25) is 0 Å². The zero-order valence-corrected chi connectivity index (χ0v) is 35.3. The number of nitrogens with zero attached hydrogens (tertiary/aromatic N) is 9. The molecule has 9 rings (SSSR count). The molecule has 0 radical (unpaired) electrons. The lowest BCUT2D eigenvalue weighted by Gasteiger charge is -2.39. The maximum Gasteiger partial charge on any atom is 0.358 e. The average Bonchev–Trinajstić information content (AvgIpc) is 3.97. The summed E-state index contributed by atoms with van der Waals surface area (Å²) in [6.07, 6.45) is 7.05. The van der Waals surface area contributed by atoms with Gasteiger partial charge in [-0.3, -0.25) is 0 Å². The summed E-state index contributed by atoms with van der Waals surface area (Å²) >= 11 is -0.209. The smallest absolute Gasteiger partial charge is 0.358 e. The number of hydrogen-bond acceptors (Lipinski definition) is 17. The minimum absolute atomic E-state index is 0.195. The van der Waals surface area contributed by atoms with Crippen molar-refractivity contribution in [2.75, 3.05) is 96.8 Å². The van der Waals surface area contributed by atoms with E-state index in [1.54, 1.807) is 10.9 Å². The maximum absolute atomic E-state index is 12.2. The van der Waals surface area contributed by atoms with Crippen molar-refractivity contribution in [2.45, 2.75) is 99.3 Å². The molecular weight excluding hydrogens is 791 g/mol. The Bertz CT molecular complexity index is 1820. The van der Waals surface area contributed by atoms with Crippen molar-refractivity contribution in [3.8, 4) is 0 Å². The van der Waals surface area contributed by atoms with Crippen molar-refractivity contribution in [1.29, 1.82) is 0 Å². The number of thiazole rings is 1. The van der Waals surface area contributed by atoms with Crippen molar-refractivity contribution in [3.05, 3.63) is 28.0 Å². The average molecular weight is 846 g/mol. The largest absolute Gasteiger partial charge is 0.454 e. The molecule has 9 heterocycles. The van der Waals surface area contributed by atoms with Crippen LogP contribution in [0.15, 0.2) is 20.7 Å². The van der Waals surface area contributed by atoms with Crippen molar-refractivity contribution in [1.82, 2.24) is 24.9 Å². The zero-order chi connectivity index (χ0) is 39.5. The first-order valence-electron chi connectivity index (χ1n) is 20.4. The van der Waals surface area contributed by atoms with Gasteiger partial charge in [-0.05, 0) is 38.5 Å². The molecule has 3 N–H and O–H groups in total. The molecule has 16 nitrogen and oxygen atoms in total. The number of hydrogen-bond donors (Lipinski definition) is 3. The zero-order valence-electron chi connectivity index (χ0n) is 32.8. The van der Waals surface area contributed by atoms with Gasteiger partial charge in [0.2, 0.25) is 11.9 Å². The molecule has 0 spiro atoms. The SMILES string of the molecule is CCCN(c1nc(N2CC(O)C2)nc2c1[S+](O)CC2)C1CCOCC1.CCCN(c1nc(N2CC(OC(=O)c3cscn3)C2)nc2c1[S+](O)CC2)C1CCOCC1. The van der Waals surface area contributed by atoms with Crippen LogP contribution in [0.3, 0.4) is 0 Å². The van der Waals surface area contributed by atoms with Crippen LogP contribution in [0.1, 0.15) is 74.2 Å². The highest BCUT2D eigenvalue weighted by Crippen LogP contribution is 2.39. The number of rotatable bonds is 12. The van der Waals surface area contributed by atoms with E-state index in [1.165, 1.54) is 11.3 Å². The number of carbonyl (C=O) groups is 1. The molecule has 3 aromatic rings. The first kappa shape index (κ1) is 40.7. The quantitative estimate of drug-likeness (QED) is 0.178. The van der Waals surface area contributed by atoms with E-state index in [0.29, 0.717) is 61.6 Å². The van der Waals surface area contributed by atoms with Crippen LogP contribution < -0.4 is 19.6 Å². The van der Waals surface area contributed by atoms with Crippen molar-refractivity contribution in [2.24, 2.45) is 0 Å². The van der Waals surface area contributed by atoms with Crippen molar-refractivity contribution in [3.63, 3.8) is 0 Å². The summed E-state index contributed by atoms with van der Waals surface area (Å²) in [4.78, 5) is 46.2. The number of aliphatic hydroxyl groups is 1. The van der Waals surface area contributed by atoms with Crippen LogP contribution in [0, 0.1) is 0 Å². The van der Waals surface area contributed by atoms with Gasteiger partial charge in [-0.1, -0.05) is 13.8 Å². The van der Waals surface area contributed by atoms with Gasteiger partial charge in [-0.2, -0.15) is 19.1 Å². The van der Waals surface area contributed by atoms with Gasteiger partial charge in [-0.15, -0.1) is 11.3 Å². The minimum atomic E-state index is -0.817. The molecule has 4 fully saturated rings. The van der Waals surface area contributed by atoms with Crippen molar-refractivity contribution >= 4 is 63.2 Å². The summed E-state index contributed by atoms with van der Waals surface area (Å²) in [5.41, 5.74) is 3.91. The minimum Gasteiger partial charge on any atom is -0.454 e. The van der Waals surface area contributed by atoms with Crippen LogP contribution in [0.25, 0.3) is 0 Å². The Morgan fingerprint density at radius 3 is 1.74 bits per heavy atom. The number of esters is 1. The second-order valence-electron chi connectivity index (χ2n) is 15.3. The van der Waals surface area contributed by atoms with Gasteiger partial charge in [-0.25, -0.2) is 19.7 Å². The van der Waals surface area contributed by atoms with Crippen LogP contribution in [-0.4, -0.2) is 147 Å². The van der Waals surface area contributed by atoms with Crippen molar-refractivity contribution < 1.29 is 33.2 Å². The number of carbonyl (C=O) groups excluding carboxylic acids is 1. The van der Waals surface area contributed by atoms with Crippen LogP contribution >= 0.6 is 11.3 Å². The first-order chi connectivity index (χ1) is 27.8. The molecule has 2 unspecified atom stereocenters. The maximum atomic E-state index is 12.2. The van der Waals surface area contributed by atoms with E-state index in [-0.39, 0.29) is 18.2 Å². The molecule has 3 aromatic heterocycles. The third-order valence-electron chi connectivity index (χ3n) is 11.3. The predicted octanol–water partition coefficient (Wildman–Crippen LogP) is 3.44. The highest BCUT2D eigenvalue weighted by Gasteiger charge is 2.44. The second-order valence-corrected chi connectivity index (χ2v) is 19.1. The molecule has 4 saturated heterocycles. The molecule has 310 valence electrons. The lowest BCUT2D eigenvalue weighted by atomic mass is 10.1. The fourth-order valence-corrected chi connectivity index (χ4v) is 11.5. The molecule has 6 aliphatic rings. The summed E-state index contributed by atoms with van der Waals surface area (Å²) in [6.45, 7) is 11.6. The number of ether oxygens (including phenoxy) is 3. The van der Waals surface area contributed by atoms with Crippen LogP contribution in [-0.2, 0) is 49.4 Å². The Balaban J connectivity index is 0.000000165. The standard InChI is InChI=1S/C21H28N5O4S2.C17H27N4O3S/c1-2-6-26(14-3-7-29-8-4-14)19-18-16(5-9-32(18)28)23-21(24-19)25-10-15(11-25)30-20(27)17-12-31-13-22-17;1-2-6-21(12-3-7-24-8-4-12)16-15-14(5-9-25(15)23)18-17(19-16)20-10-13(22)11-20/h12-15,28H,2-11H2,1H3;12-13,22-23H,2-11H2,1H3/q2*+1. The Morgan fingerprint density at radius 2 is 1.30 bits per heavy atom. The summed E-state index contributed by atoms with van der Waals surface area (Å²) in [5, 5.41) is 11.3. The summed E-state index contributed by atoms with van der Waals surface area (Å²) in [6, 6.07) is 0.761. The number of β-amino-alcohol motifs (C(OH)–C–C–N with tert-alkyl or cyclic N) is 1. The molecule has 57 heavy (non-hydrogen) atoms. The van der Waals surface area contributed by atoms with Crippen LogP contribution in [0.5, 0.6) is 0 Å². The number of aryl methyl sites for hydroxylation is 2. The predicted molar refractivity (Wildman–Crippen MR) is 222 cm³/mol. The monoisotopic (exact) mass is 845 g/mol. The molecule has 0 saturated carbocycles. The third kappa shape index (κ3) is 8.95. The molecule has 19 heteroatoms. The Hall–Kier alpha value is -3.04. The molecule has 0 aliphatic carbocycles. The first-order valence-corrected chi connectivity index (χ1v) is 24.0. The Kier molecular flexibility index (Phi) is 13.2. The highest BCUT2D eigenvalue weighted by molar-refractivity contribution is 7.92. The van der Waals surface area contributed by atoms with E-state index in [0.717, 1.165) is 129 Å². The van der Waals surface area contributed by atoms with Gasteiger partial charge in [0.1, 0.15) is 17.5 Å². The molecular formula is C38H55N9O7S3+2. The lowest BCUT2D eigenvalue weighted by Crippen LogP contribution is -2.54. The van der Waals surface area contributed by atoms with Gasteiger partial charge in [0.15, 0.2) is 51.2 Å². The Labute approximate surface area is 344 Å². The number of fused-ring (bicyclic) bond motifs is 2. The number of aliphatic hydroxyl groups excluding tert-OH is 1. The van der Waals surface area contributed by atoms with Gasteiger partial charge in [0.05, 0.1) is 24.7 Å². The highest BCUT2D eigenvalue weighted by atomic mass is 32.2. The van der Waals surface area contributed by atoms with Gasteiger partial charge in [0.25, 0.3) is 9.79 Å². The second kappa shape index (κ2) is 18.5. The number of anilines is 4. The fourth-order valence-electron chi connectivity index (χ4n) is 8.24. The molecule has 6 aliphatic heterocycles. The lowest BCUT2D eigenvalue weighted by molar-refractivity contribution is 0.0225. The van der Waals surface area contributed by atoms with Gasteiger partial charge in [0, 0.05) is 82.9 Å². The topological polar surface area (TPSA) is 183 Å². The summed E-state index contributed by atoms with van der Waals surface area (Å²) in [7, 11) is 0. The summed E-state index contributed by atoms with van der Waals surface area (Å²) in [5.74, 6) is 4.23. The van der Waals surface area contributed by atoms with E-state index in [4.69, 9.17) is 34.1 Å². The van der Waals surface area contributed by atoms with Gasteiger partial charge >= 0.3 is 5.97 Å². The van der Waals surface area contributed by atoms with E-state index in [1.807, 2.05) is 9.80 Å². The Morgan fingerprint density at radius 1 is 0.807 bits per heavy atom. The molecule has 2 atom stereocenters. The molecule has 0 bridgehead atoms. The molecule has 0 amide bonds. The van der Waals surface area contributed by atoms with Crippen LogP contribution in [0.4, 0.5) is 23.5 Å². The van der Waals surface area contributed by atoms with E-state index in [9.17, 15) is 19.0 Å². The normalized spacial score (nSPS) is 22.6. The molecule has 0 aromatic carbocycles. The summed E-state index contributed by atoms with van der Waals surface area (Å²) < 4.78 is 38.0. The number of aromatic nitrogens is 5. The van der Waals surface area contributed by atoms with Gasteiger partial charge < -0.3 is 38.9 Å².